The number of aromatic nitrogens is 2. The average Bonchev–Trinajstić information content (AvgIpc) is 4.14. The molecule has 1 aromatic heterocycles. The van der Waals surface area contributed by atoms with Gasteiger partial charge in [-0.25, -0.2) is 9.78 Å². The molecule has 61 heavy (non-hydrogen) atoms. The Balaban J connectivity index is 0.832. The van der Waals surface area contributed by atoms with E-state index in [1.807, 2.05) is 97.0 Å². The Morgan fingerprint density at radius 3 is 2.21 bits per heavy atom. The fourth-order valence-corrected chi connectivity index (χ4v) is 9.28. The number of benzene rings is 4. The summed E-state index contributed by atoms with van der Waals surface area (Å²) in [6.07, 6.45) is 8.22. The van der Waals surface area contributed by atoms with Crippen LogP contribution >= 0.6 is 0 Å². The Morgan fingerprint density at radius 1 is 0.836 bits per heavy atom. The first-order valence-corrected chi connectivity index (χ1v) is 21.6. The summed E-state index contributed by atoms with van der Waals surface area (Å²) in [7, 11) is 3.92. The quantitative estimate of drug-likeness (QED) is 0.134. The number of likely N-dealkylation sites (tertiary alicyclic amines) is 1. The van der Waals surface area contributed by atoms with E-state index in [1.165, 1.54) is 0 Å². The fourth-order valence-electron chi connectivity index (χ4n) is 9.28. The molecule has 4 aliphatic rings. The van der Waals surface area contributed by atoms with Crippen molar-refractivity contribution in [1.29, 1.82) is 0 Å². The summed E-state index contributed by atoms with van der Waals surface area (Å²) in [5, 5.41) is 0. The van der Waals surface area contributed by atoms with E-state index in [0.29, 0.717) is 25.5 Å². The number of nitrogens with zero attached hydrogens (tertiary/aromatic N) is 5. The highest BCUT2D eigenvalue weighted by molar-refractivity contribution is 6.03. The third-order valence-electron chi connectivity index (χ3n) is 12.6. The Hall–Kier alpha value is -5.88. The maximum Gasteiger partial charge on any atom is 0.412 e. The third kappa shape index (κ3) is 8.96. The van der Waals surface area contributed by atoms with Crippen molar-refractivity contribution in [2.75, 3.05) is 40.5 Å². The summed E-state index contributed by atoms with van der Waals surface area (Å²) >= 11 is 0. The minimum atomic E-state index is -0.368. The van der Waals surface area contributed by atoms with Gasteiger partial charge >= 0.3 is 6.09 Å². The molecular formula is C50H54N6O5. The molecule has 314 valence electrons. The molecule has 3 fully saturated rings. The highest BCUT2D eigenvalue weighted by Crippen LogP contribution is 2.37. The summed E-state index contributed by atoms with van der Waals surface area (Å²) in [5.41, 5.74) is 9.25. The molecule has 5 aromatic rings. The van der Waals surface area contributed by atoms with Gasteiger partial charge in [-0.2, -0.15) is 0 Å². The predicted molar refractivity (Wildman–Crippen MR) is 236 cm³/mol. The van der Waals surface area contributed by atoms with E-state index in [2.05, 4.69) is 53.5 Å². The lowest BCUT2D eigenvalue weighted by atomic mass is 9.95. The normalized spacial score (nSPS) is 21.1. The van der Waals surface area contributed by atoms with E-state index < -0.39 is 0 Å². The van der Waals surface area contributed by atoms with Gasteiger partial charge in [-0.15, -0.1) is 0 Å². The molecular weight excluding hydrogens is 765 g/mol. The highest BCUT2D eigenvalue weighted by atomic mass is 16.6. The zero-order valence-corrected chi connectivity index (χ0v) is 35.0. The summed E-state index contributed by atoms with van der Waals surface area (Å²) in [6, 6.07) is 36.1. The van der Waals surface area contributed by atoms with E-state index in [4.69, 9.17) is 24.2 Å². The molecule has 0 aliphatic carbocycles. The van der Waals surface area contributed by atoms with Crippen LogP contribution in [0.2, 0.25) is 0 Å². The molecule has 0 radical (unpaired) electrons. The summed E-state index contributed by atoms with van der Waals surface area (Å²) in [4.78, 5) is 46.7. The van der Waals surface area contributed by atoms with E-state index in [1.54, 1.807) is 4.90 Å². The molecule has 9 rings (SSSR count). The van der Waals surface area contributed by atoms with Crippen molar-refractivity contribution < 1.29 is 23.8 Å². The fraction of sp³-hybridized carbons (Fsp3) is 0.360. The molecule has 11 nitrogen and oxygen atoms in total. The zero-order valence-electron chi connectivity index (χ0n) is 35.0. The van der Waals surface area contributed by atoms with Crippen LogP contribution < -0.4 is 0 Å². The molecule has 11 heteroatoms. The lowest BCUT2D eigenvalue weighted by molar-refractivity contribution is -0.137. The van der Waals surface area contributed by atoms with E-state index in [9.17, 15) is 9.59 Å². The number of H-pyrrole nitrogens is 1. The summed E-state index contributed by atoms with van der Waals surface area (Å²) in [6.45, 7) is 2.81. The maximum atomic E-state index is 14.0. The van der Waals surface area contributed by atoms with E-state index in [0.717, 1.165) is 102 Å². The molecule has 1 unspecified atom stereocenters. The number of aromatic amines is 1. The Kier molecular flexibility index (Phi) is 12.2. The first-order chi connectivity index (χ1) is 29.9. The molecule has 1 N–H and O–H groups in total. The number of likely N-dealkylation sites (N-methyl/N-ethyl adjacent to an activating group) is 1. The lowest BCUT2D eigenvalue weighted by Gasteiger charge is -2.31. The van der Waals surface area contributed by atoms with Crippen LogP contribution in [-0.2, 0) is 25.6 Å². The van der Waals surface area contributed by atoms with Gasteiger partial charge < -0.3 is 24.1 Å². The number of hydrogen-bond acceptors (Lipinski definition) is 8. The molecule has 0 bridgehead atoms. The van der Waals surface area contributed by atoms with Gasteiger partial charge in [0, 0.05) is 38.1 Å². The number of allylic oxidation sites excluding steroid dienone is 1. The third-order valence-corrected chi connectivity index (χ3v) is 12.6. The maximum absolute atomic E-state index is 14.0. The monoisotopic (exact) mass is 818 g/mol. The molecule has 0 saturated carbocycles. The van der Waals surface area contributed by atoms with Crippen molar-refractivity contribution in [2.45, 2.75) is 69.5 Å². The first-order valence-electron chi connectivity index (χ1n) is 21.6. The number of rotatable bonds is 12. The number of carbonyl (C=O) groups excluding carboxylic acids is 2. The van der Waals surface area contributed by atoms with Crippen LogP contribution in [0.1, 0.15) is 73.1 Å². The first kappa shape index (κ1) is 40.5. The van der Waals surface area contributed by atoms with Gasteiger partial charge in [-0.1, -0.05) is 109 Å². The van der Waals surface area contributed by atoms with Crippen LogP contribution in [0.15, 0.2) is 127 Å². The molecule has 0 spiro atoms. The number of hydrogen-bond donors (Lipinski definition) is 1. The topological polar surface area (TPSA) is 113 Å². The van der Waals surface area contributed by atoms with Gasteiger partial charge in [0.2, 0.25) is 5.91 Å². The predicted octanol–water partition coefficient (Wildman–Crippen LogP) is 9.08. The Labute approximate surface area is 358 Å². The van der Waals surface area contributed by atoms with Gasteiger partial charge in [0.15, 0.2) is 0 Å². The van der Waals surface area contributed by atoms with E-state index in [-0.39, 0.29) is 43.0 Å². The summed E-state index contributed by atoms with van der Waals surface area (Å²) < 4.78 is 17.8. The SMILES string of the molecule is CN(C)[C@@H](C(=O)N1CCC[C@H]1c1ncc(-c2ccc(-c3ccc(C4=CN=C([C@@H]5COC(CC6CCOCC6)N5C(=O)OCc5ccccc5)C4)cc3)cc2)[nH]1)c1ccccc1. The number of nitrogens with one attached hydrogen (secondary N) is 1. The number of ether oxygens (including phenoxy) is 3. The largest absolute Gasteiger partial charge is 0.444 e. The number of amides is 2. The van der Waals surface area contributed by atoms with Crippen molar-refractivity contribution in [3.8, 4) is 22.4 Å². The second kappa shape index (κ2) is 18.4. The molecule has 5 heterocycles. The molecule has 3 saturated heterocycles. The van der Waals surface area contributed by atoms with Crippen molar-refractivity contribution in [3.63, 3.8) is 0 Å². The van der Waals surface area contributed by atoms with Crippen molar-refractivity contribution in [1.82, 2.24) is 24.7 Å². The summed E-state index contributed by atoms with van der Waals surface area (Å²) in [5.74, 6) is 1.36. The average molecular weight is 819 g/mol. The van der Waals surface area contributed by atoms with E-state index >= 15 is 0 Å². The van der Waals surface area contributed by atoms with Crippen LogP contribution in [0.25, 0.3) is 28.0 Å². The highest BCUT2D eigenvalue weighted by Gasteiger charge is 2.43. The van der Waals surface area contributed by atoms with Gasteiger partial charge in [-0.05, 0) is 91.1 Å². The number of aliphatic imine (C=N–C) groups is 1. The van der Waals surface area contributed by atoms with Crippen molar-refractivity contribution >= 4 is 23.3 Å². The smallest absolute Gasteiger partial charge is 0.412 e. The van der Waals surface area contributed by atoms with Crippen molar-refractivity contribution in [3.05, 3.63) is 144 Å². The Morgan fingerprint density at radius 2 is 1.51 bits per heavy atom. The lowest BCUT2D eigenvalue weighted by Crippen LogP contribution is -2.46. The van der Waals surface area contributed by atoms with Gasteiger partial charge in [0.05, 0.1) is 30.6 Å². The molecule has 4 aliphatic heterocycles. The van der Waals surface area contributed by atoms with Crippen LogP contribution in [0.5, 0.6) is 0 Å². The Bertz CT molecular complexity index is 2340. The zero-order chi connectivity index (χ0) is 41.7. The molecule has 4 atom stereocenters. The van der Waals surface area contributed by atoms with Crippen LogP contribution in [-0.4, -0.2) is 95.1 Å². The standard InChI is InChI=1S/C50H54N6O5/c1-54(2)47(40-12-7-4-8-13-40)49(57)55-25-9-14-44(55)48-52-31-43(53-48)39-21-19-37(20-22-39)36-15-17-38(18-16-36)41-29-42(51-30-41)45-33-60-46(28-34-23-26-59-27-24-34)56(45)50(58)61-32-35-10-5-3-6-11-35/h3-8,10-13,15-22,30-31,34,44-47H,9,14,23-29,32-33H2,1-2H3,(H,52,53)/t44-,45-,46?,47+/m0/s1. The van der Waals surface area contributed by atoms with Gasteiger partial charge in [-0.3, -0.25) is 19.6 Å². The molecule has 2 amide bonds. The minimum Gasteiger partial charge on any atom is -0.444 e. The minimum absolute atomic E-state index is 0.0902. The second-order valence-electron chi connectivity index (χ2n) is 16.8. The van der Waals surface area contributed by atoms with Crippen LogP contribution in [0.3, 0.4) is 0 Å². The van der Waals surface area contributed by atoms with Crippen LogP contribution in [0, 0.1) is 5.92 Å². The number of carbonyl (C=O) groups is 2. The van der Waals surface area contributed by atoms with Crippen molar-refractivity contribution in [2.24, 2.45) is 10.9 Å². The number of imidazole rings is 1. The molecule has 4 aromatic carbocycles. The van der Waals surface area contributed by atoms with Crippen LogP contribution in [0.4, 0.5) is 4.79 Å². The van der Waals surface area contributed by atoms with Gasteiger partial charge in [0.1, 0.15) is 24.7 Å². The second-order valence-corrected chi connectivity index (χ2v) is 16.8. The van der Waals surface area contributed by atoms with Gasteiger partial charge in [0.25, 0.3) is 0 Å².